The average molecular weight is 197 g/mol. The minimum absolute atomic E-state index is 0.241. The smallest absolute Gasteiger partial charge is 0.122 e. The number of fused-ring (bicyclic) bond motifs is 1. The molecule has 0 spiro atoms. The normalized spacial score (nSPS) is 22.3. The van der Waals surface area contributed by atoms with Crippen LogP contribution in [0.25, 0.3) is 5.57 Å². The number of hydrogen-bond donors (Lipinski definition) is 2. The predicted molar refractivity (Wildman–Crippen MR) is 59.5 cm³/mol. The van der Waals surface area contributed by atoms with E-state index in [1.807, 2.05) is 24.7 Å². The van der Waals surface area contributed by atoms with Crippen LogP contribution in [0.5, 0.6) is 0 Å². The lowest BCUT2D eigenvalue weighted by Crippen LogP contribution is -2.36. The van der Waals surface area contributed by atoms with Gasteiger partial charge in [-0.15, -0.1) is 0 Å². The molecule has 0 saturated carbocycles. The zero-order chi connectivity index (χ0) is 10.1. The molecule has 0 saturated heterocycles. The van der Waals surface area contributed by atoms with Crippen molar-refractivity contribution in [3.8, 4) is 0 Å². The molecule has 2 aliphatic heterocycles. The summed E-state index contributed by atoms with van der Waals surface area (Å²) in [5, 5.41) is 6.51. The van der Waals surface area contributed by atoms with Crippen LogP contribution >= 0.6 is 0 Å². The van der Waals surface area contributed by atoms with Gasteiger partial charge in [0.05, 0.1) is 0 Å². The number of nitrogens with one attached hydrogen (secondary N) is 2. The van der Waals surface area contributed by atoms with Crippen LogP contribution in [0.3, 0.4) is 0 Å². The lowest BCUT2D eigenvalue weighted by atomic mass is 10.0. The number of hydrogen-bond acceptors (Lipinski definition) is 3. The van der Waals surface area contributed by atoms with E-state index in [0.29, 0.717) is 0 Å². The average Bonchev–Trinajstić information content (AvgIpc) is 2.77. The molecule has 3 rings (SSSR count). The molecule has 1 aromatic heterocycles. The van der Waals surface area contributed by atoms with Crippen molar-refractivity contribution < 1.29 is 0 Å². The first-order chi connectivity index (χ1) is 7.43. The van der Waals surface area contributed by atoms with Gasteiger partial charge in [0, 0.05) is 24.2 Å². The fourth-order valence-corrected chi connectivity index (χ4v) is 1.80. The van der Waals surface area contributed by atoms with Crippen LogP contribution in [0, 0.1) is 0 Å². The quantitative estimate of drug-likeness (QED) is 0.714. The highest BCUT2D eigenvalue weighted by Gasteiger charge is 2.17. The van der Waals surface area contributed by atoms with Gasteiger partial charge >= 0.3 is 0 Å². The zero-order valence-corrected chi connectivity index (χ0v) is 8.14. The molecule has 1 atom stereocenters. The van der Waals surface area contributed by atoms with Gasteiger partial charge in [0.2, 0.25) is 0 Å². The second kappa shape index (κ2) is 3.28. The van der Waals surface area contributed by atoms with E-state index in [2.05, 4.69) is 33.8 Å². The van der Waals surface area contributed by atoms with Crippen molar-refractivity contribution in [2.24, 2.45) is 0 Å². The lowest BCUT2D eigenvalue weighted by Gasteiger charge is -2.19. The SMILES string of the molecule is C1=CC2=CC(c3cccnc3)=CNC2N1. The summed E-state index contributed by atoms with van der Waals surface area (Å²) in [5.41, 5.74) is 3.57. The zero-order valence-electron chi connectivity index (χ0n) is 8.14. The third kappa shape index (κ3) is 1.42. The molecular weight excluding hydrogens is 186 g/mol. The topological polar surface area (TPSA) is 37.0 Å². The molecule has 0 radical (unpaired) electrons. The maximum Gasteiger partial charge on any atom is 0.122 e. The summed E-state index contributed by atoms with van der Waals surface area (Å²) in [6.07, 6.45) is 12.1. The highest BCUT2D eigenvalue weighted by Crippen LogP contribution is 2.22. The Morgan fingerprint density at radius 2 is 2.27 bits per heavy atom. The van der Waals surface area contributed by atoms with Gasteiger partial charge in [-0.1, -0.05) is 6.07 Å². The molecule has 3 heterocycles. The summed E-state index contributed by atoms with van der Waals surface area (Å²) in [5.74, 6) is 0. The van der Waals surface area contributed by atoms with Gasteiger partial charge in [-0.3, -0.25) is 4.98 Å². The first-order valence-corrected chi connectivity index (χ1v) is 4.94. The van der Waals surface area contributed by atoms with E-state index in [-0.39, 0.29) is 6.17 Å². The van der Waals surface area contributed by atoms with Gasteiger partial charge in [0.25, 0.3) is 0 Å². The van der Waals surface area contributed by atoms with Gasteiger partial charge < -0.3 is 10.6 Å². The van der Waals surface area contributed by atoms with E-state index in [1.54, 1.807) is 6.20 Å². The molecule has 1 unspecified atom stereocenters. The third-order valence-corrected chi connectivity index (χ3v) is 2.59. The summed E-state index contributed by atoms with van der Waals surface area (Å²) in [4.78, 5) is 4.11. The van der Waals surface area contributed by atoms with Crippen molar-refractivity contribution in [3.63, 3.8) is 0 Å². The summed E-state index contributed by atoms with van der Waals surface area (Å²) in [6, 6.07) is 4.01. The number of nitrogens with zero attached hydrogens (tertiary/aromatic N) is 1. The van der Waals surface area contributed by atoms with Gasteiger partial charge in [-0.2, -0.15) is 0 Å². The van der Waals surface area contributed by atoms with E-state index in [9.17, 15) is 0 Å². The molecule has 0 aliphatic carbocycles. The fourth-order valence-electron chi connectivity index (χ4n) is 1.80. The minimum Gasteiger partial charge on any atom is -0.368 e. The first kappa shape index (κ1) is 8.29. The first-order valence-electron chi connectivity index (χ1n) is 4.94. The molecule has 0 fully saturated rings. The Balaban J connectivity index is 1.96. The van der Waals surface area contributed by atoms with Crippen molar-refractivity contribution >= 4 is 5.57 Å². The standard InChI is InChI=1S/C12H11N3/c1-2-10(7-13-4-1)11-6-9-3-5-14-12(9)15-8-11/h1-8,12,14-15H. The van der Waals surface area contributed by atoms with E-state index in [1.165, 1.54) is 11.1 Å². The summed E-state index contributed by atoms with van der Waals surface area (Å²) in [7, 11) is 0. The largest absolute Gasteiger partial charge is 0.368 e. The summed E-state index contributed by atoms with van der Waals surface area (Å²) < 4.78 is 0. The molecule has 0 aromatic carbocycles. The highest BCUT2D eigenvalue weighted by atomic mass is 15.1. The summed E-state index contributed by atoms with van der Waals surface area (Å²) in [6.45, 7) is 0. The summed E-state index contributed by atoms with van der Waals surface area (Å²) >= 11 is 0. The third-order valence-electron chi connectivity index (χ3n) is 2.59. The Kier molecular flexibility index (Phi) is 1.81. The molecule has 1 aromatic rings. The second-order valence-corrected chi connectivity index (χ2v) is 3.59. The van der Waals surface area contributed by atoms with E-state index in [0.717, 1.165) is 5.56 Å². The number of dihydropyridines is 1. The van der Waals surface area contributed by atoms with Crippen LogP contribution in [0.15, 0.2) is 54.7 Å². The van der Waals surface area contributed by atoms with Crippen LogP contribution < -0.4 is 10.6 Å². The van der Waals surface area contributed by atoms with Crippen molar-refractivity contribution in [1.29, 1.82) is 0 Å². The Labute approximate surface area is 88.2 Å². The van der Waals surface area contributed by atoms with Crippen molar-refractivity contribution in [3.05, 3.63) is 60.2 Å². The van der Waals surface area contributed by atoms with Crippen molar-refractivity contribution in [2.75, 3.05) is 0 Å². The Hall–Kier alpha value is -2.03. The molecule has 2 N–H and O–H groups in total. The van der Waals surface area contributed by atoms with Crippen LogP contribution in [-0.4, -0.2) is 11.1 Å². The Bertz CT molecular complexity index is 457. The number of aromatic nitrogens is 1. The highest BCUT2D eigenvalue weighted by molar-refractivity contribution is 5.76. The van der Waals surface area contributed by atoms with Crippen molar-refractivity contribution in [2.45, 2.75) is 6.17 Å². The van der Waals surface area contributed by atoms with Crippen LogP contribution in [0.1, 0.15) is 5.56 Å². The molecule has 2 aliphatic rings. The van der Waals surface area contributed by atoms with Gasteiger partial charge in [-0.05, 0) is 35.6 Å². The molecule has 3 nitrogen and oxygen atoms in total. The van der Waals surface area contributed by atoms with Crippen LogP contribution in [-0.2, 0) is 0 Å². The van der Waals surface area contributed by atoms with Crippen LogP contribution in [0.4, 0.5) is 0 Å². The predicted octanol–water partition coefficient (Wildman–Crippen LogP) is 1.40. The molecule has 0 amide bonds. The van der Waals surface area contributed by atoms with Crippen molar-refractivity contribution in [1.82, 2.24) is 15.6 Å². The number of rotatable bonds is 1. The number of allylic oxidation sites excluding steroid dienone is 2. The van der Waals surface area contributed by atoms with Crippen LogP contribution in [0.2, 0.25) is 0 Å². The number of pyridine rings is 1. The molecule has 0 bridgehead atoms. The minimum atomic E-state index is 0.241. The second-order valence-electron chi connectivity index (χ2n) is 3.59. The molecule has 3 heteroatoms. The maximum absolute atomic E-state index is 4.11. The molecule has 74 valence electrons. The Morgan fingerprint density at radius 3 is 3.13 bits per heavy atom. The van der Waals surface area contributed by atoms with Gasteiger partial charge in [0.15, 0.2) is 0 Å². The van der Waals surface area contributed by atoms with E-state index in [4.69, 9.17) is 0 Å². The van der Waals surface area contributed by atoms with E-state index < -0.39 is 0 Å². The maximum atomic E-state index is 4.11. The Morgan fingerprint density at radius 1 is 1.27 bits per heavy atom. The monoisotopic (exact) mass is 197 g/mol. The van der Waals surface area contributed by atoms with Gasteiger partial charge in [-0.25, -0.2) is 0 Å². The fraction of sp³-hybridized carbons (Fsp3) is 0.0833. The molecule has 15 heavy (non-hydrogen) atoms. The van der Waals surface area contributed by atoms with E-state index >= 15 is 0 Å². The van der Waals surface area contributed by atoms with Gasteiger partial charge in [0.1, 0.15) is 6.17 Å². The molecular formula is C12H11N3. The lowest BCUT2D eigenvalue weighted by molar-refractivity contribution is 0.636.